The van der Waals surface area contributed by atoms with Crippen molar-refractivity contribution in [1.82, 2.24) is 0 Å². The van der Waals surface area contributed by atoms with E-state index in [0.717, 1.165) is 5.56 Å². The zero-order valence-corrected chi connectivity index (χ0v) is 11.7. The third-order valence-electron chi connectivity index (χ3n) is 2.66. The molecule has 2 aromatic rings. The quantitative estimate of drug-likeness (QED) is 0.882. The zero-order valence-electron chi connectivity index (χ0n) is 10.9. The summed E-state index contributed by atoms with van der Waals surface area (Å²) in [5.41, 5.74) is 1.45. The summed E-state index contributed by atoms with van der Waals surface area (Å²) in [6.45, 7) is 1.84. The molecule has 0 fully saturated rings. The van der Waals surface area contributed by atoms with Crippen molar-refractivity contribution in [3.8, 4) is 0 Å². The van der Waals surface area contributed by atoms with Gasteiger partial charge in [0, 0.05) is 10.7 Å². The van der Waals surface area contributed by atoms with Crippen LogP contribution in [0.15, 0.2) is 34.7 Å². The van der Waals surface area contributed by atoms with E-state index in [2.05, 4.69) is 10.1 Å². The highest BCUT2D eigenvalue weighted by Gasteiger charge is 2.16. The number of nitrogens with one attached hydrogen (secondary N) is 1. The lowest BCUT2D eigenvalue weighted by Crippen LogP contribution is -2.12. The second-order valence-electron chi connectivity index (χ2n) is 4.07. The van der Waals surface area contributed by atoms with E-state index in [1.165, 1.54) is 19.2 Å². The van der Waals surface area contributed by atoms with Gasteiger partial charge in [0.05, 0.1) is 7.11 Å². The van der Waals surface area contributed by atoms with Gasteiger partial charge in [0.1, 0.15) is 0 Å². The Morgan fingerprint density at radius 3 is 2.60 bits per heavy atom. The molecule has 20 heavy (non-hydrogen) atoms. The van der Waals surface area contributed by atoms with E-state index >= 15 is 0 Å². The first-order valence-corrected chi connectivity index (χ1v) is 6.14. The summed E-state index contributed by atoms with van der Waals surface area (Å²) < 4.78 is 9.62. The van der Waals surface area contributed by atoms with E-state index in [4.69, 9.17) is 16.0 Å². The van der Waals surface area contributed by atoms with Crippen molar-refractivity contribution in [2.45, 2.75) is 6.92 Å². The first-order valence-electron chi connectivity index (χ1n) is 5.77. The van der Waals surface area contributed by atoms with Crippen LogP contribution in [0.2, 0.25) is 5.02 Å². The number of anilines is 1. The van der Waals surface area contributed by atoms with Crippen LogP contribution >= 0.6 is 11.6 Å². The second-order valence-corrected chi connectivity index (χ2v) is 4.51. The molecular weight excluding hydrogens is 282 g/mol. The normalized spacial score (nSPS) is 10.2. The van der Waals surface area contributed by atoms with Crippen molar-refractivity contribution in [3.05, 3.63) is 52.4 Å². The predicted molar refractivity (Wildman–Crippen MR) is 74.2 cm³/mol. The molecular formula is C14H12ClNO4. The minimum absolute atomic E-state index is 0.0183. The second kappa shape index (κ2) is 5.79. The van der Waals surface area contributed by atoms with E-state index in [9.17, 15) is 9.59 Å². The van der Waals surface area contributed by atoms with E-state index < -0.39 is 11.9 Å². The number of hydrogen-bond acceptors (Lipinski definition) is 4. The van der Waals surface area contributed by atoms with E-state index in [1.807, 2.05) is 6.92 Å². The highest BCUT2D eigenvalue weighted by atomic mass is 35.5. The Kier molecular flexibility index (Phi) is 4.10. The molecule has 0 unspecified atom stereocenters. The Morgan fingerprint density at radius 2 is 1.90 bits per heavy atom. The van der Waals surface area contributed by atoms with Crippen LogP contribution in [0, 0.1) is 6.92 Å². The fourth-order valence-electron chi connectivity index (χ4n) is 1.58. The van der Waals surface area contributed by atoms with E-state index in [0.29, 0.717) is 10.7 Å². The average Bonchev–Trinajstić information content (AvgIpc) is 2.91. The van der Waals surface area contributed by atoms with Gasteiger partial charge in [0.25, 0.3) is 5.91 Å². The van der Waals surface area contributed by atoms with Gasteiger partial charge in [-0.3, -0.25) is 4.79 Å². The summed E-state index contributed by atoms with van der Waals surface area (Å²) in [5, 5.41) is 3.18. The Balaban J connectivity index is 2.18. The smallest absolute Gasteiger partial charge is 0.373 e. The van der Waals surface area contributed by atoms with Gasteiger partial charge in [-0.15, -0.1) is 0 Å². The Labute approximate surface area is 120 Å². The number of carbonyl (C=O) groups is 2. The SMILES string of the molecule is COC(=O)c1ccc(C(=O)Nc2cc(Cl)ccc2C)o1. The van der Waals surface area contributed by atoms with Gasteiger partial charge in [-0.1, -0.05) is 17.7 Å². The summed E-state index contributed by atoms with van der Waals surface area (Å²) in [6, 6.07) is 7.95. The van der Waals surface area contributed by atoms with Crippen LogP contribution in [-0.4, -0.2) is 19.0 Å². The number of halogens is 1. The molecule has 0 saturated heterocycles. The van der Waals surface area contributed by atoms with Gasteiger partial charge in [-0.25, -0.2) is 4.79 Å². The van der Waals surface area contributed by atoms with Gasteiger partial charge in [0.15, 0.2) is 5.76 Å². The lowest BCUT2D eigenvalue weighted by molar-refractivity contribution is 0.0563. The number of ether oxygens (including phenoxy) is 1. The maximum atomic E-state index is 12.0. The Bertz CT molecular complexity index is 663. The third kappa shape index (κ3) is 3.00. The number of carbonyl (C=O) groups excluding carboxylic acids is 2. The number of rotatable bonds is 3. The van der Waals surface area contributed by atoms with Crippen molar-refractivity contribution in [2.24, 2.45) is 0 Å². The van der Waals surface area contributed by atoms with Crippen LogP contribution in [0.4, 0.5) is 5.69 Å². The van der Waals surface area contributed by atoms with Crippen LogP contribution in [0.3, 0.4) is 0 Å². The van der Waals surface area contributed by atoms with Gasteiger partial charge in [-0.05, 0) is 36.8 Å². The lowest BCUT2D eigenvalue weighted by atomic mass is 10.2. The molecule has 104 valence electrons. The summed E-state index contributed by atoms with van der Waals surface area (Å²) in [6.07, 6.45) is 0. The van der Waals surface area contributed by atoms with Crippen molar-refractivity contribution in [1.29, 1.82) is 0 Å². The fraction of sp³-hybridized carbons (Fsp3) is 0.143. The maximum Gasteiger partial charge on any atom is 0.373 e. The molecule has 0 saturated carbocycles. The monoisotopic (exact) mass is 293 g/mol. The molecule has 0 aliphatic carbocycles. The molecule has 1 amide bonds. The molecule has 0 atom stereocenters. The van der Waals surface area contributed by atoms with Crippen molar-refractivity contribution in [3.63, 3.8) is 0 Å². The molecule has 0 bridgehead atoms. The standard InChI is InChI=1S/C14H12ClNO4/c1-8-3-4-9(15)7-10(8)16-13(17)11-5-6-12(20-11)14(18)19-2/h3-7H,1-2H3,(H,16,17). The minimum Gasteiger partial charge on any atom is -0.463 e. The third-order valence-corrected chi connectivity index (χ3v) is 2.90. The molecule has 0 radical (unpaired) electrons. The predicted octanol–water partition coefficient (Wildman–Crippen LogP) is 3.28. The first kappa shape index (κ1) is 14.1. The van der Waals surface area contributed by atoms with Gasteiger partial charge >= 0.3 is 5.97 Å². The van der Waals surface area contributed by atoms with Gasteiger partial charge < -0.3 is 14.5 Å². The summed E-state index contributed by atoms with van der Waals surface area (Å²) >= 11 is 5.87. The summed E-state index contributed by atoms with van der Waals surface area (Å²) in [4.78, 5) is 23.2. The zero-order chi connectivity index (χ0) is 14.7. The maximum absolute atomic E-state index is 12.0. The molecule has 6 heteroatoms. The first-order chi connectivity index (χ1) is 9.51. The highest BCUT2D eigenvalue weighted by molar-refractivity contribution is 6.31. The van der Waals surface area contributed by atoms with Gasteiger partial charge in [0.2, 0.25) is 5.76 Å². The number of benzene rings is 1. The molecule has 1 aromatic heterocycles. The minimum atomic E-state index is -0.636. The van der Waals surface area contributed by atoms with Crippen molar-refractivity contribution in [2.75, 3.05) is 12.4 Å². The molecule has 1 heterocycles. The molecule has 1 aromatic carbocycles. The average molecular weight is 294 g/mol. The molecule has 1 N–H and O–H groups in total. The number of amides is 1. The lowest BCUT2D eigenvalue weighted by Gasteiger charge is -2.07. The number of furan rings is 1. The Morgan fingerprint density at radius 1 is 1.20 bits per heavy atom. The largest absolute Gasteiger partial charge is 0.463 e. The number of aryl methyl sites for hydroxylation is 1. The summed E-state index contributed by atoms with van der Waals surface area (Å²) in [7, 11) is 1.24. The molecule has 0 spiro atoms. The molecule has 5 nitrogen and oxygen atoms in total. The highest BCUT2D eigenvalue weighted by Crippen LogP contribution is 2.21. The molecule has 2 rings (SSSR count). The van der Waals surface area contributed by atoms with E-state index in [-0.39, 0.29) is 11.5 Å². The van der Waals surface area contributed by atoms with Crippen molar-refractivity contribution >= 4 is 29.2 Å². The molecule has 0 aliphatic rings. The topological polar surface area (TPSA) is 68.5 Å². The van der Waals surface area contributed by atoms with Crippen LogP contribution in [-0.2, 0) is 4.74 Å². The number of esters is 1. The van der Waals surface area contributed by atoms with E-state index in [1.54, 1.807) is 18.2 Å². The van der Waals surface area contributed by atoms with Crippen LogP contribution in [0.1, 0.15) is 26.7 Å². The van der Waals surface area contributed by atoms with Crippen LogP contribution in [0.25, 0.3) is 0 Å². The van der Waals surface area contributed by atoms with Crippen LogP contribution in [0.5, 0.6) is 0 Å². The van der Waals surface area contributed by atoms with Gasteiger partial charge in [-0.2, -0.15) is 0 Å². The Hall–Kier alpha value is -2.27. The molecule has 0 aliphatic heterocycles. The summed E-state index contributed by atoms with van der Waals surface area (Å²) in [5.74, 6) is -1.11. The van der Waals surface area contributed by atoms with Crippen molar-refractivity contribution < 1.29 is 18.7 Å². The van der Waals surface area contributed by atoms with Crippen LogP contribution < -0.4 is 5.32 Å². The number of hydrogen-bond donors (Lipinski definition) is 1. The fourth-order valence-corrected chi connectivity index (χ4v) is 1.76. The number of methoxy groups -OCH3 is 1.